The molecule has 0 spiro atoms. The summed E-state index contributed by atoms with van der Waals surface area (Å²) < 4.78 is 160. The van der Waals surface area contributed by atoms with Crippen LogP contribution in [0.4, 0.5) is 35.1 Å². The van der Waals surface area contributed by atoms with Gasteiger partial charge in [-0.1, -0.05) is 38.1 Å². The van der Waals surface area contributed by atoms with Crippen molar-refractivity contribution < 1.29 is 57.8 Å². The van der Waals surface area contributed by atoms with Gasteiger partial charge in [-0.05, 0) is 90.8 Å². The molecule has 0 saturated carbocycles. The van der Waals surface area contributed by atoms with Crippen LogP contribution in [-0.4, -0.2) is 15.5 Å². The van der Waals surface area contributed by atoms with Crippen molar-refractivity contribution in [3.63, 3.8) is 0 Å². The van der Waals surface area contributed by atoms with E-state index >= 15 is 17.6 Å². The van der Waals surface area contributed by atoms with Gasteiger partial charge in [0.05, 0.1) is 28.0 Å². The molecule has 0 N–H and O–H groups in total. The van der Waals surface area contributed by atoms with Crippen molar-refractivity contribution in [1.82, 2.24) is 0 Å². The highest BCUT2D eigenvalue weighted by Crippen LogP contribution is 2.42. The highest BCUT2D eigenvalue weighted by atomic mass is 32.2. The molecule has 6 aromatic carbocycles. The minimum absolute atomic E-state index is 0.0770. The summed E-state index contributed by atoms with van der Waals surface area (Å²) in [6.45, 7) is 4.41. The summed E-state index contributed by atoms with van der Waals surface area (Å²) >= 11 is 0. The number of benzene rings is 6. The third-order valence-electron chi connectivity index (χ3n) is 9.07. The van der Waals surface area contributed by atoms with E-state index in [1.54, 1.807) is 36.4 Å². The molecule has 0 bridgehead atoms. The Bertz CT molecular complexity index is 2460. The van der Waals surface area contributed by atoms with E-state index in [9.17, 15) is 26.0 Å². The molecule has 14 heteroatoms. The first-order valence-corrected chi connectivity index (χ1v) is 17.7. The van der Waals surface area contributed by atoms with Crippen LogP contribution < -0.4 is 14.2 Å². The molecule has 0 aliphatic heterocycles. The normalized spacial score (nSPS) is 11.8. The average molecular weight is 785 g/mol. The van der Waals surface area contributed by atoms with E-state index in [4.69, 9.17) is 14.2 Å². The minimum Gasteiger partial charge on any atom is -0.497 e. The summed E-state index contributed by atoms with van der Waals surface area (Å²) in [4.78, 5) is 0.185. The molecule has 0 amide bonds. The molecule has 6 rings (SSSR count). The zero-order valence-electron chi connectivity index (χ0n) is 29.2. The Morgan fingerprint density at radius 3 is 1.16 bits per heavy atom. The van der Waals surface area contributed by atoms with Gasteiger partial charge in [-0.3, -0.25) is 0 Å². The third kappa shape index (κ3) is 7.09. The van der Waals surface area contributed by atoms with E-state index < -0.39 is 84.2 Å². The monoisotopic (exact) mass is 784 g/mol. The molecule has 5 nitrogen and oxygen atoms in total. The Hall–Kier alpha value is -5.89. The predicted molar refractivity (Wildman–Crippen MR) is 186 cm³/mol. The third-order valence-corrected chi connectivity index (χ3v) is 10.9. The molecule has 55 heavy (non-hydrogen) atoms. The van der Waals surface area contributed by atoms with E-state index in [0.717, 1.165) is 5.56 Å². The Morgan fingerprint density at radius 2 is 0.782 bits per heavy atom. The summed E-state index contributed by atoms with van der Waals surface area (Å²) in [5.41, 5.74) is -4.30. The zero-order chi connectivity index (χ0) is 40.0. The Kier molecular flexibility index (Phi) is 10.4. The molecule has 0 aliphatic rings. The molecule has 0 heterocycles. The lowest BCUT2D eigenvalue weighted by molar-refractivity contribution is 0.366. The van der Waals surface area contributed by atoms with Gasteiger partial charge in [0, 0.05) is 11.0 Å². The molecule has 0 saturated heterocycles. The molecule has 0 unspecified atom stereocenters. The standard InChI is InChI=1S/C41H28F8O5S/c1-21-32(42)34(44)30(35(45)33(21)43)31-36(46)38(48)40(39(49)37(31)47)54-27-11-7-23(8-12-27)41(2,3)22-5-9-25(10-6-22)53-26-15-19-29(20-16-26)55(50,51)28-17-13-24(52-4)14-18-28/h5-20H,1-4H3. The number of ether oxygens (including phenoxy) is 3. The second-order valence-corrected chi connectivity index (χ2v) is 14.7. The van der Waals surface area contributed by atoms with E-state index in [2.05, 4.69) is 0 Å². The molecule has 6 aromatic rings. The average Bonchev–Trinajstić information content (AvgIpc) is 3.19. The van der Waals surface area contributed by atoms with Gasteiger partial charge >= 0.3 is 0 Å². The first-order chi connectivity index (χ1) is 26.0. The maximum Gasteiger partial charge on any atom is 0.206 e. The van der Waals surface area contributed by atoms with Crippen molar-refractivity contribution >= 4 is 9.84 Å². The molecule has 0 atom stereocenters. The number of methoxy groups -OCH3 is 1. The number of sulfone groups is 1. The van der Waals surface area contributed by atoms with Crippen LogP contribution in [0.15, 0.2) is 107 Å². The SMILES string of the molecule is COc1ccc(S(=O)(=O)c2ccc(Oc3ccc(C(C)(C)c4ccc(Oc5c(F)c(F)c(-c6c(F)c(F)c(C)c(F)c6F)c(F)c5F)cc4)cc3)cc2)cc1. The van der Waals surface area contributed by atoms with Crippen molar-refractivity contribution in [1.29, 1.82) is 0 Å². The van der Waals surface area contributed by atoms with E-state index in [1.807, 2.05) is 13.8 Å². The Labute approximate surface area is 310 Å². The zero-order valence-corrected chi connectivity index (χ0v) is 30.0. The van der Waals surface area contributed by atoms with Crippen LogP contribution in [0.1, 0.15) is 30.5 Å². The first-order valence-electron chi connectivity index (χ1n) is 16.2. The van der Waals surface area contributed by atoms with Crippen molar-refractivity contribution in [2.75, 3.05) is 7.11 Å². The number of hydrogen-bond acceptors (Lipinski definition) is 5. The summed E-state index contributed by atoms with van der Waals surface area (Å²) in [5.74, 6) is -18.1. The van der Waals surface area contributed by atoms with Crippen LogP contribution in [-0.2, 0) is 15.3 Å². The summed E-state index contributed by atoms with van der Waals surface area (Å²) in [7, 11) is -2.29. The molecule has 0 aliphatic carbocycles. The molecular weight excluding hydrogens is 756 g/mol. The largest absolute Gasteiger partial charge is 0.497 e. The van der Waals surface area contributed by atoms with Gasteiger partial charge in [0.15, 0.2) is 34.9 Å². The van der Waals surface area contributed by atoms with E-state index in [-0.39, 0.29) is 15.5 Å². The highest BCUT2D eigenvalue weighted by Gasteiger charge is 2.34. The number of hydrogen-bond donors (Lipinski definition) is 0. The van der Waals surface area contributed by atoms with Gasteiger partial charge in [-0.15, -0.1) is 0 Å². The van der Waals surface area contributed by atoms with E-state index in [1.165, 1.54) is 67.8 Å². The molecule has 284 valence electrons. The van der Waals surface area contributed by atoms with Crippen molar-refractivity contribution in [2.45, 2.75) is 36.0 Å². The fraction of sp³-hybridized carbons (Fsp3) is 0.122. The fourth-order valence-electron chi connectivity index (χ4n) is 5.76. The van der Waals surface area contributed by atoms with Gasteiger partial charge < -0.3 is 14.2 Å². The summed E-state index contributed by atoms with van der Waals surface area (Å²) in [5, 5.41) is 0. The summed E-state index contributed by atoms with van der Waals surface area (Å²) in [6, 6.07) is 24.5. The van der Waals surface area contributed by atoms with Crippen molar-refractivity contribution in [3.05, 3.63) is 160 Å². The quantitative estimate of drug-likeness (QED) is 0.102. The second-order valence-electron chi connectivity index (χ2n) is 12.7. The Morgan fingerprint density at radius 1 is 0.455 bits per heavy atom. The molecular formula is C41H28F8O5S. The first kappa shape index (κ1) is 38.8. The second kappa shape index (κ2) is 14.7. The molecule has 0 fully saturated rings. The maximum atomic E-state index is 15.1. The van der Waals surface area contributed by atoms with Crippen LogP contribution in [0.3, 0.4) is 0 Å². The van der Waals surface area contributed by atoms with Gasteiger partial charge in [-0.25, -0.2) is 34.8 Å². The lowest BCUT2D eigenvalue weighted by atomic mass is 9.78. The number of rotatable bonds is 10. The van der Waals surface area contributed by atoms with Crippen LogP contribution in [0.2, 0.25) is 0 Å². The lowest BCUT2D eigenvalue weighted by Crippen LogP contribution is -2.18. The molecule has 0 radical (unpaired) electrons. The smallest absolute Gasteiger partial charge is 0.206 e. The van der Waals surface area contributed by atoms with Gasteiger partial charge in [0.1, 0.15) is 23.0 Å². The van der Waals surface area contributed by atoms with Crippen molar-refractivity contribution in [3.8, 4) is 39.9 Å². The Balaban J connectivity index is 1.17. The van der Waals surface area contributed by atoms with Crippen LogP contribution in [0.25, 0.3) is 11.1 Å². The lowest BCUT2D eigenvalue weighted by Gasteiger charge is -2.26. The van der Waals surface area contributed by atoms with Crippen LogP contribution >= 0.6 is 0 Å². The highest BCUT2D eigenvalue weighted by molar-refractivity contribution is 7.91. The van der Waals surface area contributed by atoms with Gasteiger partial charge in [-0.2, -0.15) is 8.78 Å². The van der Waals surface area contributed by atoms with Gasteiger partial charge in [0.25, 0.3) is 0 Å². The molecule has 0 aromatic heterocycles. The fourth-order valence-corrected chi connectivity index (χ4v) is 7.02. The van der Waals surface area contributed by atoms with Gasteiger partial charge in [0.2, 0.25) is 27.2 Å². The van der Waals surface area contributed by atoms with E-state index in [0.29, 0.717) is 29.7 Å². The van der Waals surface area contributed by atoms with Crippen LogP contribution in [0.5, 0.6) is 28.7 Å². The predicted octanol–water partition coefficient (Wildman–Crippen LogP) is 11.5. The topological polar surface area (TPSA) is 61.8 Å². The van der Waals surface area contributed by atoms with Crippen LogP contribution in [0, 0.1) is 53.5 Å². The maximum absolute atomic E-state index is 15.1. The van der Waals surface area contributed by atoms with Crippen molar-refractivity contribution in [2.24, 2.45) is 0 Å². The number of halogens is 8. The minimum atomic E-state index is -3.77. The summed E-state index contributed by atoms with van der Waals surface area (Å²) in [6.07, 6.45) is 0.